The molecule has 0 fully saturated rings. The smallest absolute Gasteiger partial charge is 0.240 e. The Labute approximate surface area is 184 Å². The summed E-state index contributed by atoms with van der Waals surface area (Å²) in [5.74, 6) is -0.814. The summed E-state index contributed by atoms with van der Waals surface area (Å²) in [6.45, 7) is 1.87. The highest BCUT2D eigenvalue weighted by Gasteiger charge is 2.38. The van der Waals surface area contributed by atoms with E-state index in [0.717, 1.165) is 20.3 Å². The monoisotopic (exact) mass is 498 g/mol. The molecule has 3 aromatic rings. The number of nitrogens with two attached hydrogens (primary N) is 1. The van der Waals surface area contributed by atoms with Gasteiger partial charge in [-0.15, -0.1) is 0 Å². The minimum atomic E-state index is -0.958. The molecule has 3 N–H and O–H groups in total. The molecule has 0 bridgehead atoms. The van der Waals surface area contributed by atoms with Crippen molar-refractivity contribution in [2.24, 2.45) is 5.73 Å². The Morgan fingerprint density at radius 3 is 1.86 bits per heavy atom. The van der Waals surface area contributed by atoms with Gasteiger partial charge in [-0.2, -0.15) is 0 Å². The third kappa shape index (κ3) is 4.67. The van der Waals surface area contributed by atoms with Crippen LogP contribution in [0, 0.1) is 3.57 Å². The summed E-state index contributed by atoms with van der Waals surface area (Å²) in [5, 5.41) is 2.91. The zero-order valence-electron chi connectivity index (χ0n) is 16.1. The molecule has 0 aliphatic heterocycles. The largest absolute Gasteiger partial charge is 0.368 e. The second-order valence-corrected chi connectivity index (χ2v) is 8.24. The molecular formula is C24H23IN2O2. The van der Waals surface area contributed by atoms with Crippen LogP contribution < -0.4 is 11.1 Å². The molecule has 3 rings (SSSR count). The maximum atomic E-state index is 13.5. The first-order valence-corrected chi connectivity index (χ1v) is 10.5. The molecule has 0 aliphatic carbocycles. The van der Waals surface area contributed by atoms with Crippen molar-refractivity contribution in [3.8, 4) is 0 Å². The Morgan fingerprint density at radius 1 is 0.897 bits per heavy atom. The van der Waals surface area contributed by atoms with Crippen molar-refractivity contribution < 1.29 is 9.59 Å². The summed E-state index contributed by atoms with van der Waals surface area (Å²) in [6.07, 6.45) is 0.347. The van der Waals surface area contributed by atoms with E-state index in [2.05, 4.69) is 27.9 Å². The second-order valence-electron chi connectivity index (χ2n) is 7.08. The maximum absolute atomic E-state index is 13.5. The quantitative estimate of drug-likeness (QED) is 0.487. The molecule has 148 valence electrons. The lowest BCUT2D eigenvalue weighted by Gasteiger charge is -2.31. The number of amides is 2. The first-order chi connectivity index (χ1) is 13.9. The van der Waals surface area contributed by atoms with E-state index in [-0.39, 0.29) is 5.91 Å². The van der Waals surface area contributed by atoms with Crippen LogP contribution in [0.15, 0.2) is 84.9 Å². The van der Waals surface area contributed by atoms with Gasteiger partial charge in [-0.25, -0.2) is 0 Å². The average Bonchev–Trinajstić information content (AvgIpc) is 2.75. The van der Waals surface area contributed by atoms with E-state index in [1.807, 2.05) is 91.9 Å². The molecule has 0 radical (unpaired) electrons. The van der Waals surface area contributed by atoms with Crippen molar-refractivity contribution >= 4 is 34.4 Å². The van der Waals surface area contributed by atoms with E-state index in [1.165, 1.54) is 0 Å². The Morgan fingerprint density at radius 2 is 1.38 bits per heavy atom. The number of hydrogen-bond donors (Lipinski definition) is 2. The van der Waals surface area contributed by atoms with E-state index in [9.17, 15) is 9.59 Å². The second kappa shape index (κ2) is 9.22. The fourth-order valence-electron chi connectivity index (χ4n) is 3.38. The Kier molecular flexibility index (Phi) is 6.69. The van der Waals surface area contributed by atoms with E-state index in [4.69, 9.17) is 5.73 Å². The average molecular weight is 498 g/mol. The lowest BCUT2D eigenvalue weighted by molar-refractivity contribution is -0.129. The number of nitrogens with one attached hydrogen (secondary N) is 1. The van der Waals surface area contributed by atoms with Gasteiger partial charge in [0.1, 0.15) is 6.04 Å². The van der Waals surface area contributed by atoms with Crippen LogP contribution in [0.5, 0.6) is 0 Å². The Bertz CT molecular complexity index is 951. The normalized spacial score (nSPS) is 12.2. The van der Waals surface area contributed by atoms with Crippen molar-refractivity contribution in [1.82, 2.24) is 5.32 Å². The zero-order valence-corrected chi connectivity index (χ0v) is 18.3. The molecule has 0 spiro atoms. The van der Waals surface area contributed by atoms with Crippen LogP contribution in [0.1, 0.15) is 23.6 Å². The topological polar surface area (TPSA) is 72.2 Å². The van der Waals surface area contributed by atoms with Gasteiger partial charge in [0.25, 0.3) is 0 Å². The van der Waals surface area contributed by atoms with E-state index >= 15 is 0 Å². The lowest BCUT2D eigenvalue weighted by atomic mass is 9.75. The van der Waals surface area contributed by atoms with Crippen LogP contribution in [-0.2, 0) is 21.4 Å². The van der Waals surface area contributed by atoms with Crippen LogP contribution in [0.3, 0.4) is 0 Å². The molecule has 3 aromatic carbocycles. The van der Waals surface area contributed by atoms with Gasteiger partial charge < -0.3 is 11.1 Å². The van der Waals surface area contributed by atoms with Gasteiger partial charge >= 0.3 is 0 Å². The SMILES string of the molecule is CC(C(=O)N[C@@H](Cc1ccccc1I)C(N)=O)(c1ccccc1)c1ccccc1. The highest BCUT2D eigenvalue weighted by atomic mass is 127. The number of benzene rings is 3. The Balaban J connectivity index is 1.95. The third-order valence-electron chi connectivity index (χ3n) is 5.19. The summed E-state index contributed by atoms with van der Waals surface area (Å²) in [7, 11) is 0. The molecule has 1 atom stereocenters. The first-order valence-electron chi connectivity index (χ1n) is 9.37. The standard InChI is InChI=1S/C24H23IN2O2/c1-24(18-11-4-2-5-12-18,19-13-6-3-7-14-19)23(29)27-21(22(26)28)16-17-10-8-9-15-20(17)25/h2-15,21H,16H2,1H3,(H2,26,28)(H,27,29)/t21-/m0/s1. The number of carbonyl (C=O) groups excluding carboxylic acids is 2. The van der Waals surface area contributed by atoms with E-state index < -0.39 is 17.4 Å². The van der Waals surface area contributed by atoms with Gasteiger partial charge in [-0.3, -0.25) is 9.59 Å². The third-order valence-corrected chi connectivity index (χ3v) is 6.24. The van der Waals surface area contributed by atoms with Crippen LogP contribution >= 0.6 is 22.6 Å². The maximum Gasteiger partial charge on any atom is 0.240 e. The van der Waals surface area contributed by atoms with Crippen LogP contribution in [0.2, 0.25) is 0 Å². The molecule has 5 heteroatoms. The highest BCUT2D eigenvalue weighted by Crippen LogP contribution is 2.32. The number of halogens is 1. The molecule has 2 amide bonds. The van der Waals surface area contributed by atoms with Gasteiger partial charge in [0.15, 0.2) is 0 Å². The van der Waals surface area contributed by atoms with E-state index in [0.29, 0.717) is 6.42 Å². The summed E-state index contributed by atoms with van der Waals surface area (Å²) < 4.78 is 1.03. The fraction of sp³-hybridized carbons (Fsp3) is 0.167. The molecule has 0 aliphatic rings. The van der Waals surface area contributed by atoms with Crippen LogP contribution in [-0.4, -0.2) is 17.9 Å². The number of carbonyl (C=O) groups is 2. The van der Waals surface area contributed by atoms with Crippen molar-refractivity contribution in [2.75, 3.05) is 0 Å². The molecular weight excluding hydrogens is 475 g/mol. The van der Waals surface area contributed by atoms with Crippen molar-refractivity contribution in [1.29, 1.82) is 0 Å². The van der Waals surface area contributed by atoms with Crippen molar-refractivity contribution in [3.63, 3.8) is 0 Å². The summed E-state index contributed by atoms with van der Waals surface area (Å²) >= 11 is 2.22. The van der Waals surface area contributed by atoms with Crippen molar-refractivity contribution in [2.45, 2.75) is 24.8 Å². The summed E-state index contributed by atoms with van der Waals surface area (Å²) in [4.78, 5) is 25.7. The lowest BCUT2D eigenvalue weighted by Crippen LogP contribution is -2.52. The minimum absolute atomic E-state index is 0.260. The highest BCUT2D eigenvalue weighted by molar-refractivity contribution is 14.1. The Hall–Kier alpha value is -2.67. The molecule has 0 unspecified atom stereocenters. The molecule has 0 aromatic heterocycles. The zero-order chi connectivity index (χ0) is 20.9. The first kappa shape index (κ1) is 21.0. The minimum Gasteiger partial charge on any atom is -0.368 e. The van der Waals surface area contributed by atoms with E-state index in [1.54, 1.807) is 0 Å². The number of rotatable bonds is 7. The number of primary amides is 1. The summed E-state index contributed by atoms with van der Waals surface area (Å²) in [5.41, 5.74) is 7.36. The van der Waals surface area contributed by atoms with Gasteiger partial charge in [0.05, 0.1) is 5.41 Å². The predicted molar refractivity (Wildman–Crippen MR) is 123 cm³/mol. The van der Waals surface area contributed by atoms with Crippen LogP contribution in [0.4, 0.5) is 0 Å². The van der Waals surface area contributed by atoms with Crippen molar-refractivity contribution in [3.05, 3.63) is 105 Å². The van der Waals surface area contributed by atoms with Gasteiger partial charge in [0.2, 0.25) is 11.8 Å². The number of hydrogen-bond acceptors (Lipinski definition) is 2. The van der Waals surface area contributed by atoms with Gasteiger partial charge in [-0.1, -0.05) is 78.9 Å². The fourth-order valence-corrected chi connectivity index (χ4v) is 3.99. The molecule has 4 nitrogen and oxygen atoms in total. The summed E-state index contributed by atoms with van der Waals surface area (Å²) in [6, 6.07) is 26.1. The molecule has 0 saturated carbocycles. The van der Waals surface area contributed by atoms with Gasteiger partial charge in [-0.05, 0) is 52.3 Å². The van der Waals surface area contributed by atoms with Gasteiger partial charge in [0, 0.05) is 9.99 Å². The molecule has 29 heavy (non-hydrogen) atoms. The van der Waals surface area contributed by atoms with Crippen LogP contribution in [0.25, 0.3) is 0 Å². The molecule has 0 heterocycles. The predicted octanol–water partition coefficient (Wildman–Crippen LogP) is 3.81. The molecule has 0 saturated heterocycles.